The standard InChI is InChI=1S/C19H15BrN2O/c20-15-7-8-19(23)16(10-15)18-11-17(21-22-18)14-6-5-12-3-1-2-4-13(12)9-14/h1-10,18,22-23H,11H2/t18-/m0/s1. The summed E-state index contributed by atoms with van der Waals surface area (Å²) < 4.78 is 0.950. The van der Waals surface area contributed by atoms with Gasteiger partial charge in [0.05, 0.1) is 11.8 Å². The van der Waals surface area contributed by atoms with E-state index in [0.29, 0.717) is 5.75 Å². The number of fused-ring (bicyclic) bond motifs is 1. The van der Waals surface area contributed by atoms with Gasteiger partial charge in [-0.2, -0.15) is 5.10 Å². The maximum absolute atomic E-state index is 10.1. The van der Waals surface area contributed by atoms with Crippen LogP contribution in [0.3, 0.4) is 0 Å². The van der Waals surface area contributed by atoms with Crippen LogP contribution in [0.2, 0.25) is 0 Å². The number of nitrogens with zero attached hydrogens (tertiary/aromatic N) is 1. The molecule has 23 heavy (non-hydrogen) atoms. The second-order valence-electron chi connectivity index (χ2n) is 5.71. The van der Waals surface area contributed by atoms with E-state index in [0.717, 1.165) is 27.7 Å². The molecule has 3 nitrogen and oxygen atoms in total. The number of hydrogen-bond donors (Lipinski definition) is 2. The van der Waals surface area contributed by atoms with Gasteiger partial charge in [0, 0.05) is 16.5 Å². The van der Waals surface area contributed by atoms with Crippen LogP contribution in [-0.2, 0) is 0 Å². The van der Waals surface area contributed by atoms with Crippen molar-refractivity contribution in [2.45, 2.75) is 12.5 Å². The molecule has 3 aromatic carbocycles. The molecule has 114 valence electrons. The first-order valence-corrected chi connectivity index (χ1v) is 8.30. The Morgan fingerprint density at radius 2 is 1.83 bits per heavy atom. The quantitative estimate of drug-likeness (QED) is 0.687. The van der Waals surface area contributed by atoms with Crippen LogP contribution in [0.15, 0.2) is 70.2 Å². The molecule has 0 amide bonds. The van der Waals surface area contributed by atoms with Crippen molar-refractivity contribution in [2.24, 2.45) is 5.10 Å². The monoisotopic (exact) mass is 366 g/mol. The summed E-state index contributed by atoms with van der Waals surface area (Å²) in [5, 5.41) is 17.0. The fourth-order valence-electron chi connectivity index (χ4n) is 2.98. The minimum atomic E-state index is -0.00558. The third-order valence-electron chi connectivity index (χ3n) is 4.20. The third-order valence-corrected chi connectivity index (χ3v) is 4.69. The largest absolute Gasteiger partial charge is 0.508 e. The third kappa shape index (κ3) is 2.70. The lowest BCUT2D eigenvalue weighted by molar-refractivity contribution is 0.455. The van der Waals surface area contributed by atoms with Gasteiger partial charge in [0.25, 0.3) is 0 Å². The number of rotatable bonds is 2. The molecule has 2 N–H and O–H groups in total. The summed E-state index contributed by atoms with van der Waals surface area (Å²) >= 11 is 3.45. The average Bonchev–Trinajstić information content (AvgIpc) is 3.06. The van der Waals surface area contributed by atoms with Gasteiger partial charge >= 0.3 is 0 Å². The number of halogens is 1. The highest BCUT2D eigenvalue weighted by Crippen LogP contribution is 2.33. The normalized spacial score (nSPS) is 17.1. The highest BCUT2D eigenvalue weighted by atomic mass is 79.9. The van der Waals surface area contributed by atoms with E-state index in [1.54, 1.807) is 6.07 Å². The molecule has 1 aliphatic rings. The predicted octanol–water partition coefficient (Wildman–Crippen LogP) is 4.75. The Morgan fingerprint density at radius 3 is 2.70 bits per heavy atom. The molecular weight excluding hydrogens is 352 g/mol. The lowest BCUT2D eigenvalue weighted by Gasteiger charge is -2.12. The van der Waals surface area contributed by atoms with Crippen LogP contribution >= 0.6 is 15.9 Å². The van der Waals surface area contributed by atoms with E-state index >= 15 is 0 Å². The molecule has 0 radical (unpaired) electrons. The first-order chi connectivity index (χ1) is 11.2. The Kier molecular flexibility index (Phi) is 3.54. The topological polar surface area (TPSA) is 44.6 Å². The zero-order valence-electron chi connectivity index (χ0n) is 12.3. The molecular formula is C19H15BrN2O. The van der Waals surface area contributed by atoms with Gasteiger partial charge in [-0.3, -0.25) is 0 Å². The van der Waals surface area contributed by atoms with Crippen molar-refractivity contribution in [1.29, 1.82) is 0 Å². The van der Waals surface area contributed by atoms with Crippen molar-refractivity contribution in [3.63, 3.8) is 0 Å². The Labute approximate surface area is 142 Å². The molecule has 0 aromatic heterocycles. The van der Waals surface area contributed by atoms with Crippen molar-refractivity contribution < 1.29 is 5.11 Å². The molecule has 0 spiro atoms. The van der Waals surface area contributed by atoms with Crippen molar-refractivity contribution in [3.05, 3.63) is 76.3 Å². The van der Waals surface area contributed by atoms with E-state index in [9.17, 15) is 5.11 Å². The van der Waals surface area contributed by atoms with E-state index in [-0.39, 0.29) is 6.04 Å². The minimum absolute atomic E-state index is 0.00558. The van der Waals surface area contributed by atoms with Crippen LogP contribution in [0.4, 0.5) is 0 Å². The molecule has 3 aromatic rings. The van der Waals surface area contributed by atoms with Gasteiger partial charge in [-0.25, -0.2) is 0 Å². The molecule has 0 aliphatic carbocycles. The molecule has 0 unspecified atom stereocenters. The van der Waals surface area contributed by atoms with Gasteiger partial charge < -0.3 is 10.5 Å². The Hall–Kier alpha value is -2.33. The lowest BCUT2D eigenvalue weighted by atomic mass is 9.97. The number of phenols is 1. The first kappa shape index (κ1) is 14.3. The SMILES string of the molecule is Oc1ccc(Br)cc1[C@@H]1CC(c2ccc3ccccc3c2)=NN1. The maximum Gasteiger partial charge on any atom is 0.120 e. The summed E-state index contributed by atoms with van der Waals surface area (Å²) in [4.78, 5) is 0. The highest BCUT2D eigenvalue weighted by Gasteiger charge is 2.23. The van der Waals surface area contributed by atoms with Crippen LogP contribution < -0.4 is 5.43 Å². The van der Waals surface area contributed by atoms with Crippen LogP contribution in [0.1, 0.15) is 23.6 Å². The second-order valence-corrected chi connectivity index (χ2v) is 6.63. The highest BCUT2D eigenvalue weighted by molar-refractivity contribution is 9.10. The van der Waals surface area contributed by atoms with E-state index in [1.165, 1.54) is 10.8 Å². The van der Waals surface area contributed by atoms with E-state index < -0.39 is 0 Å². The van der Waals surface area contributed by atoms with Gasteiger partial charge in [0.2, 0.25) is 0 Å². The fourth-order valence-corrected chi connectivity index (χ4v) is 3.35. The van der Waals surface area contributed by atoms with Crippen molar-refractivity contribution in [1.82, 2.24) is 5.43 Å². The summed E-state index contributed by atoms with van der Waals surface area (Å²) in [6.45, 7) is 0. The van der Waals surface area contributed by atoms with E-state index in [4.69, 9.17) is 0 Å². The smallest absolute Gasteiger partial charge is 0.120 e. The predicted molar refractivity (Wildman–Crippen MR) is 96.8 cm³/mol. The zero-order valence-corrected chi connectivity index (χ0v) is 13.9. The summed E-state index contributed by atoms with van der Waals surface area (Å²) in [5.41, 5.74) is 6.14. The maximum atomic E-state index is 10.1. The molecule has 4 heteroatoms. The van der Waals surface area contributed by atoms with Crippen LogP contribution in [0, 0.1) is 0 Å². The number of phenolic OH excluding ortho intramolecular Hbond substituents is 1. The Morgan fingerprint density at radius 1 is 1.00 bits per heavy atom. The van der Waals surface area contributed by atoms with Crippen molar-refractivity contribution in [3.8, 4) is 5.75 Å². The lowest BCUT2D eigenvalue weighted by Crippen LogP contribution is -2.10. The first-order valence-electron chi connectivity index (χ1n) is 7.50. The van der Waals surface area contributed by atoms with Gasteiger partial charge in [-0.1, -0.05) is 52.3 Å². The molecule has 0 saturated heterocycles. The zero-order chi connectivity index (χ0) is 15.8. The number of hydrogen-bond acceptors (Lipinski definition) is 3. The van der Waals surface area contributed by atoms with Gasteiger partial charge in [0.1, 0.15) is 5.75 Å². The second kappa shape index (κ2) is 5.70. The fraction of sp³-hybridized carbons (Fsp3) is 0.105. The summed E-state index contributed by atoms with van der Waals surface area (Å²) in [6.07, 6.45) is 0.752. The van der Waals surface area contributed by atoms with Crippen molar-refractivity contribution in [2.75, 3.05) is 0 Å². The number of nitrogens with one attached hydrogen (secondary N) is 1. The Bertz CT molecular complexity index is 920. The molecule has 1 atom stereocenters. The molecule has 1 aliphatic heterocycles. The summed E-state index contributed by atoms with van der Waals surface area (Å²) in [7, 11) is 0. The molecule has 0 bridgehead atoms. The average molecular weight is 367 g/mol. The molecule has 4 rings (SSSR count). The molecule has 0 fully saturated rings. The number of hydrazone groups is 1. The van der Waals surface area contributed by atoms with Crippen LogP contribution in [0.25, 0.3) is 10.8 Å². The van der Waals surface area contributed by atoms with Gasteiger partial charge in [0.15, 0.2) is 0 Å². The summed E-state index contributed by atoms with van der Waals surface area (Å²) in [6, 6.07) is 20.2. The van der Waals surface area contributed by atoms with Crippen LogP contribution in [-0.4, -0.2) is 10.8 Å². The summed E-state index contributed by atoms with van der Waals surface area (Å²) in [5.74, 6) is 0.292. The van der Waals surface area contributed by atoms with Gasteiger partial charge in [-0.05, 0) is 40.6 Å². The molecule has 1 heterocycles. The molecule has 0 saturated carbocycles. The minimum Gasteiger partial charge on any atom is -0.508 e. The number of benzene rings is 3. The van der Waals surface area contributed by atoms with Crippen LogP contribution in [0.5, 0.6) is 5.75 Å². The van der Waals surface area contributed by atoms with Gasteiger partial charge in [-0.15, -0.1) is 0 Å². The van der Waals surface area contributed by atoms with Crippen molar-refractivity contribution >= 4 is 32.4 Å². The van der Waals surface area contributed by atoms with E-state index in [1.807, 2.05) is 24.3 Å². The van der Waals surface area contributed by atoms with E-state index in [2.05, 4.69) is 56.8 Å². The Balaban J connectivity index is 1.63. The number of aromatic hydroxyl groups is 1.